The Kier molecular flexibility index (Phi) is 4.11. The number of likely N-dealkylation sites (tertiary alicyclic amines) is 1. The highest BCUT2D eigenvalue weighted by atomic mass is 32.2. The van der Waals surface area contributed by atoms with Crippen LogP contribution in [0.1, 0.15) is 25.7 Å². The Morgan fingerprint density at radius 3 is 2.44 bits per heavy atom. The molecule has 2 heterocycles. The minimum Gasteiger partial charge on any atom is -0.334 e. The van der Waals surface area contributed by atoms with Gasteiger partial charge in [-0.15, -0.1) is 0 Å². The van der Waals surface area contributed by atoms with E-state index in [1.165, 1.54) is 10.6 Å². The highest BCUT2D eigenvalue weighted by Gasteiger charge is 2.28. The molecule has 2 rings (SSSR count). The van der Waals surface area contributed by atoms with Crippen molar-refractivity contribution in [1.29, 1.82) is 0 Å². The number of hydrogen-bond acceptors (Lipinski definition) is 3. The Balaban J connectivity index is 1.87. The number of nitrogens with zero attached hydrogens (tertiary/aromatic N) is 2. The summed E-state index contributed by atoms with van der Waals surface area (Å²) in [5, 5.41) is 2.94. The van der Waals surface area contributed by atoms with Crippen LogP contribution in [0.2, 0.25) is 0 Å². The second kappa shape index (κ2) is 5.44. The lowest BCUT2D eigenvalue weighted by atomic mass is 10.1. The van der Waals surface area contributed by atoms with Gasteiger partial charge in [0, 0.05) is 32.2 Å². The number of piperidine rings is 1. The van der Waals surface area contributed by atoms with Crippen molar-refractivity contribution in [3.63, 3.8) is 0 Å². The third kappa shape index (κ3) is 3.35. The molecule has 0 aromatic heterocycles. The van der Waals surface area contributed by atoms with Crippen molar-refractivity contribution in [2.45, 2.75) is 31.7 Å². The van der Waals surface area contributed by atoms with Gasteiger partial charge in [0.2, 0.25) is 10.0 Å². The Morgan fingerprint density at radius 2 is 1.83 bits per heavy atom. The molecular weight excluding hydrogens is 254 g/mol. The molecule has 2 fully saturated rings. The predicted octanol–water partition coefficient (Wildman–Crippen LogP) is 0.216. The molecule has 6 nitrogen and oxygen atoms in total. The number of urea groups is 1. The summed E-state index contributed by atoms with van der Waals surface area (Å²) in [4.78, 5) is 13.7. The number of nitrogens with one attached hydrogen (secondary N) is 1. The molecule has 0 aliphatic carbocycles. The molecule has 0 aromatic rings. The van der Waals surface area contributed by atoms with Crippen LogP contribution in [0, 0.1) is 0 Å². The quantitative estimate of drug-likeness (QED) is 0.783. The first kappa shape index (κ1) is 13.6. The van der Waals surface area contributed by atoms with Gasteiger partial charge < -0.3 is 10.2 Å². The molecule has 2 aliphatic rings. The lowest BCUT2D eigenvalue weighted by molar-refractivity contribution is 0.196. The fourth-order valence-electron chi connectivity index (χ4n) is 2.55. The van der Waals surface area contributed by atoms with Gasteiger partial charge in [-0.2, -0.15) is 0 Å². The minimum absolute atomic E-state index is 0.0483. The van der Waals surface area contributed by atoms with Crippen molar-refractivity contribution in [2.75, 3.05) is 32.4 Å². The van der Waals surface area contributed by atoms with Crippen LogP contribution in [0.3, 0.4) is 0 Å². The van der Waals surface area contributed by atoms with Gasteiger partial charge in [0.05, 0.1) is 6.26 Å². The zero-order valence-electron chi connectivity index (χ0n) is 10.8. The van der Waals surface area contributed by atoms with Crippen LogP contribution < -0.4 is 5.32 Å². The largest absolute Gasteiger partial charge is 0.334 e. The van der Waals surface area contributed by atoms with Crippen molar-refractivity contribution in [3.05, 3.63) is 0 Å². The van der Waals surface area contributed by atoms with E-state index in [-0.39, 0.29) is 12.1 Å². The standard InChI is InChI=1S/C11H21N3O3S/c1-18(16,17)14-8-4-5-10(9-14)12-11(15)13-6-2-3-7-13/h10H,2-9H2,1H3,(H,12,15). The summed E-state index contributed by atoms with van der Waals surface area (Å²) in [6.07, 6.45) is 5.00. The minimum atomic E-state index is -3.15. The smallest absolute Gasteiger partial charge is 0.317 e. The van der Waals surface area contributed by atoms with Crippen LogP contribution in [-0.2, 0) is 10.0 Å². The summed E-state index contributed by atoms with van der Waals surface area (Å²) in [5.41, 5.74) is 0. The van der Waals surface area contributed by atoms with Gasteiger partial charge in [-0.05, 0) is 25.7 Å². The Morgan fingerprint density at radius 1 is 1.17 bits per heavy atom. The van der Waals surface area contributed by atoms with Crippen LogP contribution in [0.5, 0.6) is 0 Å². The van der Waals surface area contributed by atoms with Crippen molar-refractivity contribution in [2.24, 2.45) is 0 Å². The molecule has 1 N–H and O–H groups in total. The average Bonchev–Trinajstić information content (AvgIpc) is 2.81. The fourth-order valence-corrected chi connectivity index (χ4v) is 3.46. The number of carbonyl (C=O) groups is 1. The van der Waals surface area contributed by atoms with E-state index in [1.807, 2.05) is 0 Å². The summed E-state index contributed by atoms with van der Waals surface area (Å²) in [6.45, 7) is 2.59. The number of carbonyl (C=O) groups excluding carboxylic acids is 1. The van der Waals surface area contributed by atoms with Crippen LogP contribution >= 0.6 is 0 Å². The van der Waals surface area contributed by atoms with Crippen LogP contribution in [0.4, 0.5) is 4.79 Å². The van der Waals surface area contributed by atoms with E-state index < -0.39 is 10.0 Å². The number of sulfonamides is 1. The molecule has 104 valence electrons. The van der Waals surface area contributed by atoms with Gasteiger partial charge in [0.15, 0.2) is 0 Å². The van der Waals surface area contributed by atoms with Gasteiger partial charge in [-0.3, -0.25) is 0 Å². The zero-order valence-corrected chi connectivity index (χ0v) is 11.6. The van der Waals surface area contributed by atoms with E-state index in [1.54, 1.807) is 4.90 Å². The summed E-state index contributed by atoms with van der Waals surface area (Å²) in [7, 11) is -3.15. The first-order valence-electron chi connectivity index (χ1n) is 6.47. The summed E-state index contributed by atoms with van der Waals surface area (Å²) in [5.74, 6) is 0. The molecule has 0 radical (unpaired) electrons. The molecule has 0 aromatic carbocycles. The van der Waals surface area contributed by atoms with Crippen LogP contribution in [0.25, 0.3) is 0 Å². The third-order valence-electron chi connectivity index (χ3n) is 3.57. The van der Waals surface area contributed by atoms with Crippen molar-refractivity contribution in [3.8, 4) is 0 Å². The number of amides is 2. The SMILES string of the molecule is CS(=O)(=O)N1CCCC(NC(=O)N2CCCC2)C1. The van der Waals surface area contributed by atoms with Crippen LogP contribution in [0.15, 0.2) is 0 Å². The maximum atomic E-state index is 11.9. The van der Waals surface area contributed by atoms with Crippen molar-refractivity contribution < 1.29 is 13.2 Å². The molecule has 1 unspecified atom stereocenters. The van der Waals surface area contributed by atoms with E-state index in [9.17, 15) is 13.2 Å². The molecule has 0 saturated carbocycles. The van der Waals surface area contributed by atoms with Gasteiger partial charge in [0.1, 0.15) is 0 Å². The van der Waals surface area contributed by atoms with Crippen molar-refractivity contribution in [1.82, 2.24) is 14.5 Å². The molecule has 2 saturated heterocycles. The summed E-state index contributed by atoms with van der Waals surface area (Å²) < 4.78 is 24.4. The summed E-state index contributed by atoms with van der Waals surface area (Å²) >= 11 is 0. The average molecular weight is 275 g/mol. The van der Waals surface area contributed by atoms with E-state index in [4.69, 9.17) is 0 Å². The topological polar surface area (TPSA) is 69.7 Å². The Hall–Kier alpha value is -0.820. The van der Waals surface area contributed by atoms with Crippen LogP contribution in [-0.4, -0.2) is 62.1 Å². The molecule has 7 heteroatoms. The van der Waals surface area contributed by atoms with E-state index in [2.05, 4.69) is 5.32 Å². The molecule has 1 atom stereocenters. The van der Waals surface area contributed by atoms with E-state index in [0.717, 1.165) is 38.8 Å². The molecule has 0 spiro atoms. The number of hydrogen-bond donors (Lipinski definition) is 1. The fraction of sp³-hybridized carbons (Fsp3) is 0.909. The van der Waals surface area contributed by atoms with E-state index >= 15 is 0 Å². The molecule has 0 bridgehead atoms. The van der Waals surface area contributed by atoms with Crippen molar-refractivity contribution >= 4 is 16.1 Å². The second-order valence-corrected chi connectivity index (χ2v) is 7.09. The molecule has 2 aliphatic heterocycles. The lowest BCUT2D eigenvalue weighted by Gasteiger charge is -2.32. The Bertz CT molecular complexity index is 404. The molecule has 2 amide bonds. The summed E-state index contributed by atoms with van der Waals surface area (Å²) in [6, 6.07) is -0.102. The first-order chi connectivity index (χ1) is 8.47. The molecule has 18 heavy (non-hydrogen) atoms. The third-order valence-corrected chi connectivity index (χ3v) is 4.84. The normalized spacial score (nSPS) is 26.3. The zero-order chi connectivity index (χ0) is 13.2. The first-order valence-corrected chi connectivity index (χ1v) is 8.32. The van der Waals surface area contributed by atoms with Gasteiger partial charge in [0.25, 0.3) is 0 Å². The Labute approximate surface area is 108 Å². The monoisotopic (exact) mass is 275 g/mol. The molecular formula is C11H21N3O3S. The van der Waals surface area contributed by atoms with E-state index in [0.29, 0.717) is 13.1 Å². The lowest BCUT2D eigenvalue weighted by Crippen LogP contribution is -2.52. The maximum absolute atomic E-state index is 11.9. The highest BCUT2D eigenvalue weighted by Crippen LogP contribution is 2.14. The van der Waals surface area contributed by atoms with Gasteiger partial charge >= 0.3 is 6.03 Å². The second-order valence-electron chi connectivity index (χ2n) is 5.10. The number of rotatable bonds is 2. The van der Waals surface area contributed by atoms with Gasteiger partial charge in [-0.25, -0.2) is 17.5 Å². The predicted molar refractivity (Wildman–Crippen MR) is 68.8 cm³/mol. The highest BCUT2D eigenvalue weighted by molar-refractivity contribution is 7.88. The maximum Gasteiger partial charge on any atom is 0.317 e. The van der Waals surface area contributed by atoms with Gasteiger partial charge in [-0.1, -0.05) is 0 Å².